The van der Waals surface area contributed by atoms with Gasteiger partial charge in [0.2, 0.25) is 0 Å². The number of benzene rings is 1. The van der Waals surface area contributed by atoms with Crippen LogP contribution < -0.4 is 5.32 Å². The SMILES string of the molecule is CCCC[C@@H](c1ccc(F)c(C#N)c1)N1CCNCC1. The molecule has 1 aromatic rings. The van der Waals surface area contributed by atoms with Crippen LogP contribution in [-0.2, 0) is 0 Å². The van der Waals surface area contributed by atoms with E-state index in [9.17, 15) is 4.39 Å². The third-order valence-electron chi connectivity index (χ3n) is 3.92. The zero-order chi connectivity index (χ0) is 14.4. The van der Waals surface area contributed by atoms with Crippen molar-refractivity contribution >= 4 is 0 Å². The molecule has 1 aliphatic heterocycles. The van der Waals surface area contributed by atoms with Gasteiger partial charge in [0.25, 0.3) is 0 Å². The number of hydrogen-bond donors (Lipinski definition) is 1. The van der Waals surface area contributed by atoms with E-state index in [0.717, 1.165) is 51.0 Å². The summed E-state index contributed by atoms with van der Waals surface area (Å²) in [6.07, 6.45) is 3.36. The van der Waals surface area contributed by atoms with E-state index in [1.807, 2.05) is 12.1 Å². The van der Waals surface area contributed by atoms with Crippen LogP contribution in [0.2, 0.25) is 0 Å². The topological polar surface area (TPSA) is 39.1 Å². The first-order valence-corrected chi connectivity index (χ1v) is 7.40. The Morgan fingerprint density at radius 1 is 1.40 bits per heavy atom. The van der Waals surface area contributed by atoms with Gasteiger partial charge in [0.05, 0.1) is 5.56 Å². The molecule has 1 aliphatic rings. The molecular weight excluding hydrogens is 253 g/mol. The Kier molecular flexibility index (Phi) is 5.51. The molecule has 108 valence electrons. The highest BCUT2D eigenvalue weighted by molar-refractivity contribution is 5.35. The number of nitriles is 1. The monoisotopic (exact) mass is 275 g/mol. The molecular formula is C16H22FN3. The Morgan fingerprint density at radius 3 is 2.80 bits per heavy atom. The van der Waals surface area contributed by atoms with Gasteiger partial charge in [-0.05, 0) is 24.1 Å². The second-order valence-electron chi connectivity index (χ2n) is 5.30. The van der Waals surface area contributed by atoms with Crippen LogP contribution in [0.25, 0.3) is 0 Å². The summed E-state index contributed by atoms with van der Waals surface area (Å²) in [6, 6.07) is 7.22. The van der Waals surface area contributed by atoms with Crippen molar-refractivity contribution in [3.63, 3.8) is 0 Å². The van der Waals surface area contributed by atoms with Crippen LogP contribution in [0, 0.1) is 17.1 Å². The lowest BCUT2D eigenvalue weighted by Gasteiger charge is -2.35. The summed E-state index contributed by atoms with van der Waals surface area (Å²) < 4.78 is 13.5. The molecule has 2 rings (SSSR count). The molecule has 1 N–H and O–H groups in total. The summed E-state index contributed by atoms with van der Waals surface area (Å²) in [5, 5.41) is 12.4. The maximum absolute atomic E-state index is 13.5. The Bertz CT molecular complexity index is 475. The van der Waals surface area contributed by atoms with Gasteiger partial charge in [-0.25, -0.2) is 4.39 Å². The molecule has 0 amide bonds. The predicted octanol–water partition coefficient (Wildman–Crippen LogP) is 2.83. The van der Waals surface area contributed by atoms with Crippen molar-refractivity contribution in [2.75, 3.05) is 26.2 Å². The molecule has 1 atom stereocenters. The number of rotatable bonds is 5. The summed E-state index contributed by atoms with van der Waals surface area (Å²) in [6.45, 7) is 6.19. The van der Waals surface area contributed by atoms with E-state index in [4.69, 9.17) is 5.26 Å². The fraction of sp³-hybridized carbons (Fsp3) is 0.562. The van der Waals surface area contributed by atoms with E-state index in [1.165, 1.54) is 6.07 Å². The molecule has 1 heterocycles. The van der Waals surface area contributed by atoms with Crippen molar-refractivity contribution in [1.29, 1.82) is 5.26 Å². The van der Waals surface area contributed by atoms with Gasteiger partial charge in [-0.1, -0.05) is 25.8 Å². The molecule has 0 saturated carbocycles. The number of hydrogen-bond acceptors (Lipinski definition) is 3. The van der Waals surface area contributed by atoms with Crippen LogP contribution in [0.15, 0.2) is 18.2 Å². The quantitative estimate of drug-likeness (QED) is 0.898. The summed E-state index contributed by atoms with van der Waals surface area (Å²) in [5.41, 5.74) is 1.22. The van der Waals surface area contributed by atoms with Gasteiger partial charge in [0.1, 0.15) is 11.9 Å². The lowest BCUT2D eigenvalue weighted by atomic mass is 9.97. The highest BCUT2D eigenvalue weighted by Crippen LogP contribution is 2.28. The normalized spacial score (nSPS) is 17.6. The van der Waals surface area contributed by atoms with Gasteiger partial charge >= 0.3 is 0 Å². The molecule has 1 saturated heterocycles. The Balaban J connectivity index is 2.23. The van der Waals surface area contributed by atoms with Gasteiger partial charge in [-0.15, -0.1) is 0 Å². The van der Waals surface area contributed by atoms with Crippen molar-refractivity contribution in [2.45, 2.75) is 32.2 Å². The molecule has 0 aliphatic carbocycles. The van der Waals surface area contributed by atoms with E-state index in [0.29, 0.717) is 6.04 Å². The lowest BCUT2D eigenvalue weighted by molar-refractivity contribution is 0.163. The van der Waals surface area contributed by atoms with Crippen molar-refractivity contribution in [2.24, 2.45) is 0 Å². The number of nitrogens with one attached hydrogen (secondary N) is 1. The maximum Gasteiger partial charge on any atom is 0.140 e. The Morgan fingerprint density at radius 2 is 2.15 bits per heavy atom. The van der Waals surface area contributed by atoms with E-state index < -0.39 is 5.82 Å². The molecule has 0 unspecified atom stereocenters. The van der Waals surface area contributed by atoms with Crippen LogP contribution >= 0.6 is 0 Å². The molecule has 0 spiro atoms. The molecule has 0 bridgehead atoms. The van der Waals surface area contributed by atoms with Crippen LogP contribution in [-0.4, -0.2) is 31.1 Å². The van der Waals surface area contributed by atoms with Gasteiger partial charge < -0.3 is 5.32 Å². The first kappa shape index (κ1) is 15.0. The molecule has 4 heteroatoms. The minimum Gasteiger partial charge on any atom is -0.314 e. The van der Waals surface area contributed by atoms with Crippen molar-refractivity contribution < 1.29 is 4.39 Å². The van der Waals surface area contributed by atoms with Crippen LogP contribution in [0.5, 0.6) is 0 Å². The first-order chi connectivity index (χ1) is 9.76. The minimum atomic E-state index is -0.425. The van der Waals surface area contributed by atoms with Gasteiger partial charge in [-0.3, -0.25) is 4.90 Å². The Hall–Kier alpha value is -1.44. The van der Waals surface area contributed by atoms with E-state index >= 15 is 0 Å². The summed E-state index contributed by atoms with van der Waals surface area (Å²) in [7, 11) is 0. The zero-order valence-corrected chi connectivity index (χ0v) is 12.0. The average Bonchev–Trinajstić information content (AvgIpc) is 2.50. The van der Waals surface area contributed by atoms with E-state index in [2.05, 4.69) is 17.1 Å². The largest absolute Gasteiger partial charge is 0.314 e. The predicted molar refractivity (Wildman–Crippen MR) is 77.8 cm³/mol. The molecule has 3 nitrogen and oxygen atoms in total. The number of halogens is 1. The zero-order valence-electron chi connectivity index (χ0n) is 12.0. The third-order valence-corrected chi connectivity index (χ3v) is 3.92. The second-order valence-corrected chi connectivity index (χ2v) is 5.30. The molecule has 1 fully saturated rings. The van der Waals surface area contributed by atoms with Gasteiger partial charge in [-0.2, -0.15) is 5.26 Å². The highest BCUT2D eigenvalue weighted by atomic mass is 19.1. The fourth-order valence-electron chi connectivity index (χ4n) is 2.79. The number of piperazine rings is 1. The smallest absolute Gasteiger partial charge is 0.140 e. The number of unbranched alkanes of at least 4 members (excludes halogenated alkanes) is 1. The minimum absolute atomic E-state index is 0.152. The molecule has 0 aromatic heterocycles. The van der Waals surface area contributed by atoms with Crippen molar-refractivity contribution in [3.8, 4) is 6.07 Å². The van der Waals surface area contributed by atoms with Crippen LogP contribution in [0.4, 0.5) is 4.39 Å². The molecule has 20 heavy (non-hydrogen) atoms. The van der Waals surface area contributed by atoms with Gasteiger partial charge in [0, 0.05) is 32.2 Å². The second kappa shape index (κ2) is 7.37. The van der Waals surface area contributed by atoms with Crippen molar-refractivity contribution in [1.82, 2.24) is 10.2 Å². The molecule has 1 aromatic carbocycles. The number of nitrogens with zero attached hydrogens (tertiary/aromatic N) is 2. The average molecular weight is 275 g/mol. The van der Waals surface area contributed by atoms with Crippen molar-refractivity contribution in [3.05, 3.63) is 35.1 Å². The lowest BCUT2D eigenvalue weighted by Crippen LogP contribution is -2.45. The summed E-state index contributed by atoms with van der Waals surface area (Å²) in [5.74, 6) is -0.425. The van der Waals surface area contributed by atoms with E-state index in [1.54, 1.807) is 6.07 Å². The standard InChI is InChI=1S/C16H22FN3/c1-2-3-4-16(20-9-7-19-8-10-20)13-5-6-15(17)14(11-13)12-18/h5-6,11,16,19H,2-4,7-10H2,1H3/t16-/m0/s1. The highest BCUT2D eigenvalue weighted by Gasteiger charge is 2.22. The Labute approximate surface area is 120 Å². The molecule has 0 radical (unpaired) electrons. The first-order valence-electron chi connectivity index (χ1n) is 7.40. The summed E-state index contributed by atoms with van der Waals surface area (Å²) >= 11 is 0. The van der Waals surface area contributed by atoms with Crippen LogP contribution in [0.3, 0.4) is 0 Å². The summed E-state index contributed by atoms with van der Waals surface area (Å²) in [4.78, 5) is 2.44. The van der Waals surface area contributed by atoms with E-state index in [-0.39, 0.29) is 5.56 Å². The van der Waals surface area contributed by atoms with Gasteiger partial charge in [0.15, 0.2) is 0 Å². The van der Waals surface area contributed by atoms with Crippen LogP contribution in [0.1, 0.15) is 43.4 Å². The third kappa shape index (κ3) is 3.56. The maximum atomic E-state index is 13.5. The fourth-order valence-corrected chi connectivity index (χ4v) is 2.79.